The van der Waals surface area contributed by atoms with E-state index < -0.39 is 11.5 Å². The predicted molar refractivity (Wildman–Crippen MR) is 67.0 cm³/mol. The maximum Gasteiger partial charge on any atom is 0.336 e. The molecule has 1 amide bonds. The molecule has 0 saturated carbocycles. The molecular weight excluding hydrogens is 234 g/mol. The second-order valence-electron chi connectivity index (χ2n) is 4.53. The fraction of sp³-hybridized carbons (Fsp3) is 0.692. The van der Waals surface area contributed by atoms with Crippen LogP contribution in [-0.4, -0.2) is 37.2 Å². The molecular formula is C13H21NO4. The van der Waals surface area contributed by atoms with Gasteiger partial charge in [0.15, 0.2) is 5.54 Å². The fourth-order valence-electron chi connectivity index (χ4n) is 1.78. The average molecular weight is 255 g/mol. The highest BCUT2D eigenvalue weighted by atomic mass is 16.6. The molecule has 1 aliphatic heterocycles. The van der Waals surface area contributed by atoms with Crippen LogP contribution in [0.25, 0.3) is 0 Å². The lowest BCUT2D eigenvalue weighted by atomic mass is 9.97. The van der Waals surface area contributed by atoms with Crippen LogP contribution in [0.2, 0.25) is 0 Å². The number of rotatable bonds is 6. The molecule has 102 valence electrons. The van der Waals surface area contributed by atoms with Gasteiger partial charge in [-0.15, -0.1) is 0 Å². The third-order valence-electron chi connectivity index (χ3n) is 2.75. The van der Waals surface area contributed by atoms with Crippen molar-refractivity contribution in [3.05, 3.63) is 11.6 Å². The first kappa shape index (κ1) is 14.7. The van der Waals surface area contributed by atoms with E-state index in [1.165, 1.54) is 6.08 Å². The van der Waals surface area contributed by atoms with E-state index in [0.29, 0.717) is 6.61 Å². The van der Waals surface area contributed by atoms with Crippen LogP contribution in [0.4, 0.5) is 0 Å². The molecule has 1 N–H and O–H groups in total. The van der Waals surface area contributed by atoms with Crippen molar-refractivity contribution in [2.24, 2.45) is 0 Å². The largest absolute Gasteiger partial charge is 0.464 e. The van der Waals surface area contributed by atoms with Gasteiger partial charge < -0.3 is 14.8 Å². The molecule has 1 fully saturated rings. The number of allylic oxidation sites excluding steroid dienone is 1. The lowest BCUT2D eigenvalue weighted by molar-refractivity contribution is -0.173. The molecule has 0 aliphatic carbocycles. The van der Waals surface area contributed by atoms with Gasteiger partial charge in [0.1, 0.15) is 0 Å². The summed E-state index contributed by atoms with van der Waals surface area (Å²) in [5.74, 6) is -0.691. The van der Waals surface area contributed by atoms with Gasteiger partial charge in [-0.3, -0.25) is 4.79 Å². The number of carbonyl (C=O) groups excluding carboxylic acids is 2. The van der Waals surface area contributed by atoms with E-state index in [4.69, 9.17) is 9.47 Å². The summed E-state index contributed by atoms with van der Waals surface area (Å²) in [6.07, 6.45) is 3.39. The van der Waals surface area contributed by atoms with Crippen molar-refractivity contribution >= 4 is 11.9 Å². The van der Waals surface area contributed by atoms with Crippen LogP contribution in [0.15, 0.2) is 11.6 Å². The molecule has 0 radical (unpaired) electrons. The summed E-state index contributed by atoms with van der Waals surface area (Å²) in [6.45, 7) is 6.34. The summed E-state index contributed by atoms with van der Waals surface area (Å²) in [5, 5.41) is 2.69. The van der Waals surface area contributed by atoms with Gasteiger partial charge >= 0.3 is 5.97 Å². The van der Waals surface area contributed by atoms with Crippen LogP contribution in [0.1, 0.15) is 33.6 Å². The first-order valence-electron chi connectivity index (χ1n) is 6.28. The Labute approximate surface area is 108 Å². The van der Waals surface area contributed by atoms with E-state index in [9.17, 15) is 9.59 Å². The molecule has 0 atom stereocenters. The molecule has 0 aromatic rings. The van der Waals surface area contributed by atoms with Crippen LogP contribution in [0.5, 0.6) is 0 Å². The Bertz CT molecular complexity index is 345. The highest BCUT2D eigenvalue weighted by Crippen LogP contribution is 2.19. The zero-order chi connectivity index (χ0) is 13.6. The third-order valence-corrected chi connectivity index (χ3v) is 2.75. The summed E-state index contributed by atoms with van der Waals surface area (Å²) < 4.78 is 9.97. The Kier molecular flexibility index (Phi) is 5.34. The van der Waals surface area contributed by atoms with Crippen LogP contribution in [0, 0.1) is 0 Å². The molecule has 1 saturated heterocycles. The summed E-state index contributed by atoms with van der Waals surface area (Å²) in [6, 6.07) is 0. The SMILES string of the molecule is CCC/C(C)=C/C(=O)NC1(C(=O)OCC)COC1. The normalized spacial score (nSPS) is 17.8. The Hall–Kier alpha value is -1.36. The van der Waals surface area contributed by atoms with Crippen molar-refractivity contribution < 1.29 is 19.1 Å². The molecule has 1 aliphatic rings. The molecule has 0 aromatic heterocycles. The van der Waals surface area contributed by atoms with E-state index in [1.54, 1.807) is 6.92 Å². The van der Waals surface area contributed by atoms with Gasteiger partial charge in [0, 0.05) is 6.08 Å². The van der Waals surface area contributed by atoms with Gasteiger partial charge in [-0.2, -0.15) is 0 Å². The Balaban J connectivity index is 2.61. The van der Waals surface area contributed by atoms with E-state index in [0.717, 1.165) is 18.4 Å². The molecule has 5 nitrogen and oxygen atoms in total. The Morgan fingerprint density at radius 3 is 2.50 bits per heavy atom. The topological polar surface area (TPSA) is 64.6 Å². The van der Waals surface area contributed by atoms with Crippen molar-refractivity contribution in [3.8, 4) is 0 Å². The Morgan fingerprint density at radius 1 is 1.39 bits per heavy atom. The van der Waals surface area contributed by atoms with Crippen molar-refractivity contribution in [3.63, 3.8) is 0 Å². The zero-order valence-electron chi connectivity index (χ0n) is 11.2. The number of amides is 1. The van der Waals surface area contributed by atoms with E-state index in [-0.39, 0.29) is 19.1 Å². The average Bonchev–Trinajstić information content (AvgIpc) is 2.23. The van der Waals surface area contributed by atoms with Crippen molar-refractivity contribution in [1.29, 1.82) is 0 Å². The van der Waals surface area contributed by atoms with Gasteiger partial charge in [0.2, 0.25) is 5.91 Å². The number of hydrogen-bond acceptors (Lipinski definition) is 4. The number of hydrogen-bond donors (Lipinski definition) is 1. The quantitative estimate of drug-likeness (QED) is 0.572. The lowest BCUT2D eigenvalue weighted by Gasteiger charge is -2.38. The van der Waals surface area contributed by atoms with Gasteiger partial charge in [-0.1, -0.05) is 18.9 Å². The molecule has 0 bridgehead atoms. The fourth-order valence-corrected chi connectivity index (χ4v) is 1.78. The highest BCUT2D eigenvalue weighted by Gasteiger charge is 2.48. The smallest absolute Gasteiger partial charge is 0.336 e. The minimum atomic E-state index is -0.990. The molecule has 1 heterocycles. The summed E-state index contributed by atoms with van der Waals surface area (Å²) in [7, 11) is 0. The third kappa shape index (κ3) is 3.57. The molecule has 1 rings (SSSR count). The van der Waals surface area contributed by atoms with E-state index in [2.05, 4.69) is 12.2 Å². The van der Waals surface area contributed by atoms with Gasteiger partial charge in [-0.25, -0.2) is 4.79 Å². The summed E-state index contributed by atoms with van der Waals surface area (Å²) in [4.78, 5) is 23.6. The molecule has 5 heteroatoms. The van der Waals surface area contributed by atoms with Crippen molar-refractivity contribution in [1.82, 2.24) is 5.32 Å². The van der Waals surface area contributed by atoms with Crippen molar-refractivity contribution in [2.75, 3.05) is 19.8 Å². The van der Waals surface area contributed by atoms with Crippen LogP contribution >= 0.6 is 0 Å². The lowest BCUT2D eigenvalue weighted by Crippen LogP contribution is -2.67. The minimum absolute atomic E-state index is 0.179. The summed E-state index contributed by atoms with van der Waals surface area (Å²) in [5.41, 5.74) is 0.00468. The number of esters is 1. The number of nitrogens with one attached hydrogen (secondary N) is 1. The Morgan fingerprint density at radius 2 is 2.06 bits per heavy atom. The van der Waals surface area contributed by atoms with E-state index in [1.807, 2.05) is 6.92 Å². The van der Waals surface area contributed by atoms with Crippen LogP contribution in [-0.2, 0) is 19.1 Å². The van der Waals surface area contributed by atoms with E-state index >= 15 is 0 Å². The first-order chi connectivity index (χ1) is 8.54. The second-order valence-corrected chi connectivity index (χ2v) is 4.53. The van der Waals surface area contributed by atoms with Gasteiger partial charge in [0.05, 0.1) is 19.8 Å². The molecule has 0 aromatic carbocycles. The maximum absolute atomic E-state index is 11.8. The van der Waals surface area contributed by atoms with Gasteiger partial charge in [-0.05, 0) is 20.3 Å². The summed E-state index contributed by atoms with van der Waals surface area (Å²) >= 11 is 0. The first-order valence-corrected chi connectivity index (χ1v) is 6.28. The predicted octanol–water partition coefficient (Wildman–Crippen LogP) is 1.18. The number of carbonyl (C=O) groups is 2. The molecule has 0 unspecified atom stereocenters. The molecule has 18 heavy (non-hydrogen) atoms. The monoisotopic (exact) mass is 255 g/mol. The molecule has 0 spiro atoms. The minimum Gasteiger partial charge on any atom is -0.464 e. The van der Waals surface area contributed by atoms with Crippen molar-refractivity contribution in [2.45, 2.75) is 39.2 Å². The van der Waals surface area contributed by atoms with Gasteiger partial charge in [0.25, 0.3) is 0 Å². The zero-order valence-corrected chi connectivity index (χ0v) is 11.2. The van der Waals surface area contributed by atoms with Crippen LogP contribution < -0.4 is 5.32 Å². The highest BCUT2D eigenvalue weighted by molar-refractivity contribution is 5.94. The number of ether oxygens (including phenoxy) is 2. The standard InChI is InChI=1S/C13H21NO4/c1-4-6-10(3)7-11(15)14-13(8-17-9-13)12(16)18-5-2/h7H,4-6,8-9H2,1-3H3,(H,14,15)/b10-7+. The maximum atomic E-state index is 11.8. The second kappa shape index (κ2) is 6.54. The van der Waals surface area contributed by atoms with Crippen LogP contribution in [0.3, 0.4) is 0 Å².